The summed E-state index contributed by atoms with van der Waals surface area (Å²) in [7, 11) is 0. The Morgan fingerprint density at radius 1 is 1.19 bits per heavy atom. The van der Waals surface area contributed by atoms with Crippen LogP contribution in [0.5, 0.6) is 11.6 Å². The quantitative estimate of drug-likeness (QED) is 0.663. The topological polar surface area (TPSA) is 55.2 Å². The fourth-order valence-corrected chi connectivity index (χ4v) is 2.63. The second-order valence-corrected chi connectivity index (χ2v) is 5.77. The van der Waals surface area contributed by atoms with E-state index in [1.54, 1.807) is 6.07 Å². The zero-order valence-corrected chi connectivity index (χ0v) is 13.5. The Bertz CT molecular complexity index is 660. The summed E-state index contributed by atoms with van der Waals surface area (Å²) >= 11 is 12.0. The van der Waals surface area contributed by atoms with Crippen LogP contribution in [0.25, 0.3) is 0 Å². The van der Waals surface area contributed by atoms with Crippen molar-refractivity contribution < 1.29 is 9.84 Å². The van der Waals surface area contributed by atoms with E-state index in [9.17, 15) is 5.11 Å². The molecule has 0 fully saturated rings. The maximum atomic E-state index is 9.26. The van der Waals surface area contributed by atoms with Crippen LogP contribution in [-0.2, 0) is 6.61 Å². The SMILES string of the molecule is Cc1cc(CO)cc(Oc2nc(Cl)nc(Cl)c2C(C)C)c1. The Balaban J connectivity index is 2.46. The van der Waals surface area contributed by atoms with Crippen LogP contribution in [0.1, 0.15) is 36.5 Å². The highest BCUT2D eigenvalue weighted by atomic mass is 35.5. The van der Waals surface area contributed by atoms with Gasteiger partial charge in [0.25, 0.3) is 0 Å². The van der Waals surface area contributed by atoms with Gasteiger partial charge >= 0.3 is 0 Å². The highest BCUT2D eigenvalue weighted by molar-refractivity contribution is 6.32. The van der Waals surface area contributed by atoms with Gasteiger partial charge in [-0.1, -0.05) is 31.5 Å². The molecule has 0 atom stereocenters. The van der Waals surface area contributed by atoms with E-state index in [1.165, 1.54) is 0 Å². The molecule has 0 aliphatic carbocycles. The van der Waals surface area contributed by atoms with E-state index in [0.29, 0.717) is 17.2 Å². The first-order valence-electron chi connectivity index (χ1n) is 6.53. The maximum Gasteiger partial charge on any atom is 0.228 e. The fraction of sp³-hybridized carbons (Fsp3) is 0.333. The van der Waals surface area contributed by atoms with Crippen molar-refractivity contribution in [1.29, 1.82) is 0 Å². The molecule has 6 heteroatoms. The third-order valence-corrected chi connectivity index (χ3v) is 3.38. The van der Waals surface area contributed by atoms with Crippen molar-refractivity contribution in [2.24, 2.45) is 0 Å². The number of aliphatic hydroxyl groups excluding tert-OH is 1. The zero-order valence-electron chi connectivity index (χ0n) is 12.0. The predicted octanol–water partition coefficient (Wildman–Crippen LogP) is 4.50. The van der Waals surface area contributed by atoms with Crippen LogP contribution in [0.2, 0.25) is 10.4 Å². The molecule has 0 radical (unpaired) electrons. The molecular weight excluding hydrogens is 311 g/mol. The molecule has 1 heterocycles. The summed E-state index contributed by atoms with van der Waals surface area (Å²) in [6.45, 7) is 5.82. The van der Waals surface area contributed by atoms with Gasteiger partial charge in [-0.15, -0.1) is 0 Å². The van der Waals surface area contributed by atoms with Crippen LogP contribution in [0.4, 0.5) is 0 Å². The average Bonchev–Trinajstić information content (AvgIpc) is 2.36. The van der Waals surface area contributed by atoms with Crippen LogP contribution in [0.15, 0.2) is 18.2 Å². The highest BCUT2D eigenvalue weighted by Crippen LogP contribution is 2.34. The Morgan fingerprint density at radius 3 is 2.52 bits per heavy atom. The van der Waals surface area contributed by atoms with Crippen molar-refractivity contribution in [2.45, 2.75) is 33.3 Å². The minimum Gasteiger partial charge on any atom is -0.438 e. The van der Waals surface area contributed by atoms with E-state index in [2.05, 4.69) is 9.97 Å². The van der Waals surface area contributed by atoms with E-state index in [-0.39, 0.29) is 23.0 Å². The minimum atomic E-state index is -0.0552. The summed E-state index contributed by atoms with van der Waals surface area (Å²) in [6, 6.07) is 5.49. The van der Waals surface area contributed by atoms with E-state index < -0.39 is 0 Å². The normalized spacial score (nSPS) is 11.0. The molecule has 112 valence electrons. The first-order valence-corrected chi connectivity index (χ1v) is 7.28. The lowest BCUT2D eigenvalue weighted by atomic mass is 10.1. The average molecular weight is 327 g/mol. The largest absolute Gasteiger partial charge is 0.438 e. The summed E-state index contributed by atoms with van der Waals surface area (Å²) in [4.78, 5) is 8.07. The van der Waals surface area contributed by atoms with Gasteiger partial charge in [0.2, 0.25) is 11.2 Å². The summed E-state index contributed by atoms with van der Waals surface area (Å²) in [5, 5.41) is 9.58. The number of nitrogens with zero attached hydrogens (tertiary/aromatic N) is 2. The van der Waals surface area contributed by atoms with Gasteiger partial charge in [-0.05, 0) is 47.7 Å². The molecule has 4 nitrogen and oxygen atoms in total. The molecule has 2 aromatic rings. The minimum absolute atomic E-state index is 0.0365. The number of rotatable bonds is 4. The third kappa shape index (κ3) is 3.84. The van der Waals surface area contributed by atoms with Crippen molar-refractivity contribution in [2.75, 3.05) is 0 Å². The maximum absolute atomic E-state index is 9.26. The molecule has 2 rings (SSSR count). The molecule has 0 aliphatic heterocycles. The van der Waals surface area contributed by atoms with Crippen LogP contribution in [0.3, 0.4) is 0 Å². The summed E-state index contributed by atoms with van der Waals surface area (Å²) in [5.74, 6) is 1.00. The molecule has 1 aromatic heterocycles. The number of aryl methyl sites for hydroxylation is 1. The number of aliphatic hydroxyl groups is 1. The van der Waals surface area contributed by atoms with Gasteiger partial charge in [-0.3, -0.25) is 0 Å². The van der Waals surface area contributed by atoms with Crippen molar-refractivity contribution in [3.05, 3.63) is 45.3 Å². The molecule has 0 bridgehead atoms. The van der Waals surface area contributed by atoms with Crippen LogP contribution in [0, 0.1) is 6.92 Å². The summed E-state index contributed by atoms with van der Waals surface area (Å²) in [6.07, 6.45) is 0. The number of benzene rings is 1. The Morgan fingerprint density at radius 2 is 1.90 bits per heavy atom. The molecule has 0 saturated heterocycles. The van der Waals surface area contributed by atoms with Gasteiger partial charge in [0.1, 0.15) is 10.9 Å². The molecule has 0 saturated carbocycles. The lowest BCUT2D eigenvalue weighted by Crippen LogP contribution is -2.01. The van der Waals surface area contributed by atoms with E-state index in [4.69, 9.17) is 27.9 Å². The lowest BCUT2D eigenvalue weighted by molar-refractivity contribution is 0.281. The first kappa shape index (κ1) is 16.0. The van der Waals surface area contributed by atoms with Crippen LogP contribution >= 0.6 is 23.2 Å². The van der Waals surface area contributed by atoms with Crippen LogP contribution in [-0.4, -0.2) is 15.1 Å². The monoisotopic (exact) mass is 326 g/mol. The van der Waals surface area contributed by atoms with E-state index in [0.717, 1.165) is 11.1 Å². The predicted molar refractivity (Wildman–Crippen MR) is 83.3 cm³/mol. The molecule has 0 aliphatic rings. The molecule has 1 aromatic carbocycles. The zero-order chi connectivity index (χ0) is 15.6. The Kier molecular flexibility index (Phi) is 5.04. The molecule has 0 unspecified atom stereocenters. The van der Waals surface area contributed by atoms with Gasteiger partial charge < -0.3 is 9.84 Å². The molecule has 1 N–H and O–H groups in total. The third-order valence-electron chi connectivity index (χ3n) is 2.92. The van der Waals surface area contributed by atoms with Gasteiger partial charge in [-0.25, -0.2) is 4.98 Å². The fourth-order valence-electron chi connectivity index (χ4n) is 2.05. The second-order valence-electron chi connectivity index (χ2n) is 5.07. The van der Waals surface area contributed by atoms with Gasteiger partial charge in [0, 0.05) is 0 Å². The Labute approximate surface area is 133 Å². The summed E-state index contributed by atoms with van der Waals surface area (Å²) < 4.78 is 5.82. The first-order chi connectivity index (χ1) is 9.90. The number of halogens is 2. The molecule has 0 spiro atoms. The smallest absolute Gasteiger partial charge is 0.228 e. The van der Waals surface area contributed by atoms with Crippen molar-refractivity contribution in [3.63, 3.8) is 0 Å². The van der Waals surface area contributed by atoms with Crippen molar-refractivity contribution >= 4 is 23.2 Å². The standard InChI is InChI=1S/C15H16Cl2N2O2/c1-8(2)12-13(16)18-15(17)19-14(12)21-11-5-9(3)4-10(6-11)7-20/h4-6,8,20H,7H2,1-3H3. The molecule has 0 amide bonds. The van der Waals surface area contributed by atoms with Gasteiger partial charge in [0.05, 0.1) is 12.2 Å². The van der Waals surface area contributed by atoms with Crippen molar-refractivity contribution in [1.82, 2.24) is 9.97 Å². The lowest BCUT2D eigenvalue weighted by Gasteiger charge is -2.14. The number of hydrogen-bond donors (Lipinski definition) is 1. The van der Waals surface area contributed by atoms with E-state index in [1.807, 2.05) is 32.9 Å². The number of hydrogen-bond acceptors (Lipinski definition) is 4. The molecular formula is C15H16Cl2N2O2. The molecule has 21 heavy (non-hydrogen) atoms. The van der Waals surface area contributed by atoms with Crippen molar-refractivity contribution in [3.8, 4) is 11.6 Å². The number of aromatic nitrogens is 2. The van der Waals surface area contributed by atoms with Gasteiger partial charge in [-0.2, -0.15) is 4.98 Å². The summed E-state index contributed by atoms with van der Waals surface area (Å²) in [5.41, 5.74) is 2.45. The van der Waals surface area contributed by atoms with E-state index >= 15 is 0 Å². The highest BCUT2D eigenvalue weighted by Gasteiger charge is 2.18. The van der Waals surface area contributed by atoms with Crippen LogP contribution < -0.4 is 4.74 Å². The number of ether oxygens (including phenoxy) is 1. The Hall–Kier alpha value is -1.36. The van der Waals surface area contributed by atoms with Gasteiger partial charge in [0.15, 0.2) is 0 Å². The second kappa shape index (κ2) is 6.60.